The van der Waals surface area contributed by atoms with Crippen molar-refractivity contribution in [2.45, 2.75) is 57.5 Å². The first kappa shape index (κ1) is 28.3. The number of sulfonamides is 1. The summed E-state index contributed by atoms with van der Waals surface area (Å²) >= 11 is 0. The lowest BCUT2D eigenvalue weighted by Gasteiger charge is -2.21. The van der Waals surface area contributed by atoms with Crippen molar-refractivity contribution in [3.8, 4) is 17.2 Å². The molecule has 2 heterocycles. The molecule has 0 bridgehead atoms. The highest BCUT2D eigenvalue weighted by Crippen LogP contribution is 2.36. The maximum atomic E-state index is 13.4. The summed E-state index contributed by atoms with van der Waals surface area (Å²) in [5.74, 6) is 0.834. The average Bonchev–Trinajstić information content (AvgIpc) is 3.31. The molecular weight excluding hydrogens is 516 g/mol. The first-order valence-electron chi connectivity index (χ1n) is 11.9. The van der Waals surface area contributed by atoms with E-state index in [9.17, 15) is 13.2 Å². The summed E-state index contributed by atoms with van der Waals surface area (Å²) in [6.07, 6.45) is 0.200. The van der Waals surface area contributed by atoms with Gasteiger partial charge in [0, 0.05) is 11.3 Å². The lowest BCUT2D eigenvalue weighted by molar-refractivity contribution is -0.126. The van der Waals surface area contributed by atoms with Crippen LogP contribution in [0.2, 0.25) is 0 Å². The number of aryl methyl sites for hydroxylation is 2. The number of hydrogen-bond acceptors (Lipinski definition) is 7. The number of amides is 1. The van der Waals surface area contributed by atoms with E-state index in [2.05, 4.69) is 9.71 Å². The van der Waals surface area contributed by atoms with E-state index in [-0.39, 0.29) is 30.0 Å². The van der Waals surface area contributed by atoms with Gasteiger partial charge in [-0.3, -0.25) is 9.78 Å². The summed E-state index contributed by atoms with van der Waals surface area (Å²) in [6, 6.07) is 14.9. The first-order chi connectivity index (χ1) is 17.2. The molecule has 3 aromatic rings. The van der Waals surface area contributed by atoms with Crippen molar-refractivity contribution < 1.29 is 27.4 Å². The van der Waals surface area contributed by atoms with Crippen molar-refractivity contribution in [2.75, 3.05) is 6.79 Å². The van der Waals surface area contributed by atoms with Gasteiger partial charge in [-0.1, -0.05) is 45.4 Å². The number of carbonyl (C=O) groups is 1. The quantitative estimate of drug-likeness (QED) is 0.391. The first-order valence-corrected chi connectivity index (χ1v) is 13.4. The third-order valence-electron chi connectivity index (χ3n) is 5.83. The van der Waals surface area contributed by atoms with Crippen molar-refractivity contribution in [3.63, 3.8) is 0 Å². The van der Waals surface area contributed by atoms with Gasteiger partial charge in [0.2, 0.25) is 12.9 Å². The average molecular weight is 547 g/mol. The Morgan fingerprint density at radius 1 is 1.03 bits per heavy atom. The molecule has 1 aromatic heterocycles. The molecule has 0 saturated heterocycles. The Morgan fingerprint density at radius 2 is 1.70 bits per heavy atom. The second kappa shape index (κ2) is 11.8. The minimum atomic E-state index is -4.14. The molecule has 8 nitrogen and oxygen atoms in total. The SMILES string of the molecule is CCCc1nc(C)ccc1O[C@@H](C(=O)NS(=O)(=O)c1ccc(C(C)C)cc1)c1ccc2c(c1)OCO2.Cl. The number of carbonyl (C=O) groups excluding carboxylic acids is 1. The van der Waals surface area contributed by atoms with Crippen LogP contribution < -0.4 is 18.9 Å². The van der Waals surface area contributed by atoms with Crippen molar-refractivity contribution in [1.29, 1.82) is 0 Å². The number of rotatable bonds is 9. The van der Waals surface area contributed by atoms with Crippen LogP contribution in [0.3, 0.4) is 0 Å². The number of nitrogens with one attached hydrogen (secondary N) is 1. The Labute approximate surface area is 223 Å². The number of pyridine rings is 1. The molecule has 1 atom stereocenters. The Balaban J connectivity index is 0.00000380. The van der Waals surface area contributed by atoms with E-state index in [1.807, 2.05) is 27.7 Å². The van der Waals surface area contributed by atoms with Gasteiger partial charge in [-0.2, -0.15) is 0 Å². The Morgan fingerprint density at radius 3 is 2.38 bits per heavy atom. The summed E-state index contributed by atoms with van der Waals surface area (Å²) < 4.78 is 45.3. The van der Waals surface area contributed by atoms with E-state index >= 15 is 0 Å². The number of hydrogen-bond donors (Lipinski definition) is 1. The van der Waals surface area contributed by atoms with Gasteiger partial charge in [-0.15, -0.1) is 12.4 Å². The van der Waals surface area contributed by atoms with E-state index in [0.29, 0.717) is 34.9 Å². The van der Waals surface area contributed by atoms with Gasteiger partial charge in [0.15, 0.2) is 11.5 Å². The van der Waals surface area contributed by atoms with Gasteiger partial charge >= 0.3 is 0 Å². The number of nitrogens with zero attached hydrogens (tertiary/aromatic N) is 1. The summed E-state index contributed by atoms with van der Waals surface area (Å²) in [5, 5.41) is 0. The van der Waals surface area contributed by atoms with Crippen LogP contribution in [-0.4, -0.2) is 26.1 Å². The van der Waals surface area contributed by atoms with Crippen molar-refractivity contribution in [1.82, 2.24) is 9.71 Å². The van der Waals surface area contributed by atoms with Gasteiger partial charge in [-0.05, 0) is 61.2 Å². The molecule has 1 aliphatic heterocycles. The van der Waals surface area contributed by atoms with Gasteiger partial charge < -0.3 is 14.2 Å². The highest BCUT2D eigenvalue weighted by atomic mass is 35.5. The Kier molecular flexibility index (Phi) is 9.04. The fourth-order valence-corrected chi connectivity index (χ4v) is 4.86. The lowest BCUT2D eigenvalue weighted by atomic mass is 10.0. The molecule has 0 fully saturated rings. The monoisotopic (exact) mass is 546 g/mol. The minimum Gasteiger partial charge on any atom is -0.474 e. The second-order valence-corrected chi connectivity index (χ2v) is 10.6. The van der Waals surface area contributed by atoms with E-state index in [1.54, 1.807) is 42.5 Å². The molecule has 0 aliphatic carbocycles. The Hall–Kier alpha value is -3.30. The summed E-state index contributed by atoms with van der Waals surface area (Å²) in [6.45, 7) is 8.01. The van der Waals surface area contributed by atoms with Crippen LogP contribution in [0, 0.1) is 6.92 Å². The molecule has 2 aromatic carbocycles. The number of ether oxygens (including phenoxy) is 3. The van der Waals surface area contributed by atoms with Crippen LogP contribution in [0.1, 0.15) is 61.7 Å². The molecule has 0 unspecified atom stereocenters. The molecule has 198 valence electrons. The molecule has 1 amide bonds. The number of benzene rings is 2. The maximum Gasteiger partial charge on any atom is 0.279 e. The topological polar surface area (TPSA) is 104 Å². The van der Waals surface area contributed by atoms with Crippen molar-refractivity contribution in [3.05, 3.63) is 77.1 Å². The van der Waals surface area contributed by atoms with Crippen LogP contribution in [0.15, 0.2) is 59.5 Å². The summed E-state index contributed by atoms with van der Waals surface area (Å²) in [7, 11) is -4.14. The van der Waals surface area contributed by atoms with Crippen LogP contribution in [0.5, 0.6) is 17.2 Å². The molecule has 1 aliphatic rings. The largest absolute Gasteiger partial charge is 0.474 e. The van der Waals surface area contributed by atoms with Gasteiger partial charge in [0.05, 0.1) is 10.6 Å². The number of halogens is 1. The maximum absolute atomic E-state index is 13.4. The molecule has 4 rings (SSSR count). The molecule has 37 heavy (non-hydrogen) atoms. The third kappa shape index (κ3) is 6.53. The van der Waals surface area contributed by atoms with Crippen molar-refractivity contribution >= 4 is 28.3 Å². The van der Waals surface area contributed by atoms with Crippen LogP contribution in [0.4, 0.5) is 0 Å². The van der Waals surface area contributed by atoms with Gasteiger partial charge in [-0.25, -0.2) is 13.1 Å². The molecule has 0 saturated carbocycles. The third-order valence-corrected chi connectivity index (χ3v) is 7.20. The van der Waals surface area contributed by atoms with Crippen molar-refractivity contribution in [2.24, 2.45) is 0 Å². The number of aromatic nitrogens is 1. The van der Waals surface area contributed by atoms with Crippen LogP contribution in [0.25, 0.3) is 0 Å². The number of fused-ring (bicyclic) bond motifs is 1. The normalized spacial score (nSPS) is 13.1. The van der Waals surface area contributed by atoms with E-state index in [0.717, 1.165) is 17.7 Å². The Bertz CT molecular complexity index is 1360. The molecule has 0 spiro atoms. The zero-order valence-corrected chi connectivity index (χ0v) is 22.8. The molecule has 1 N–H and O–H groups in total. The molecule has 10 heteroatoms. The van der Waals surface area contributed by atoms with E-state index in [4.69, 9.17) is 14.2 Å². The predicted octanol–water partition coefficient (Wildman–Crippen LogP) is 5.24. The standard InChI is InChI=1S/C27H30N2O6S.ClH/c1-5-6-22-23(13-7-18(4)28-22)35-26(20-10-14-24-25(15-20)34-16-33-24)27(30)29-36(31,32)21-11-8-19(9-12-21)17(2)3;/h7-15,17,26H,5-6,16H2,1-4H3,(H,29,30);1H/t26-;/m1./s1. The lowest BCUT2D eigenvalue weighted by Crippen LogP contribution is -2.37. The van der Waals surface area contributed by atoms with E-state index in [1.165, 1.54) is 12.1 Å². The van der Waals surface area contributed by atoms with E-state index < -0.39 is 22.0 Å². The summed E-state index contributed by atoms with van der Waals surface area (Å²) in [4.78, 5) is 18.0. The zero-order valence-electron chi connectivity index (χ0n) is 21.2. The molecule has 0 radical (unpaired) electrons. The summed E-state index contributed by atoms with van der Waals surface area (Å²) in [5.41, 5.74) is 2.94. The van der Waals surface area contributed by atoms with Crippen LogP contribution in [-0.2, 0) is 21.2 Å². The fraction of sp³-hybridized carbons (Fsp3) is 0.333. The predicted molar refractivity (Wildman–Crippen MR) is 142 cm³/mol. The van der Waals surface area contributed by atoms with Gasteiger partial charge in [0.25, 0.3) is 15.9 Å². The fourth-order valence-electron chi connectivity index (χ4n) is 3.87. The van der Waals surface area contributed by atoms with Gasteiger partial charge in [0.1, 0.15) is 5.75 Å². The second-order valence-electron chi connectivity index (χ2n) is 8.95. The zero-order chi connectivity index (χ0) is 25.9. The smallest absolute Gasteiger partial charge is 0.279 e. The molecular formula is C27H31ClN2O6S. The highest BCUT2D eigenvalue weighted by molar-refractivity contribution is 7.90. The minimum absolute atomic E-state index is 0. The highest BCUT2D eigenvalue weighted by Gasteiger charge is 2.30. The van der Waals surface area contributed by atoms with Crippen LogP contribution >= 0.6 is 12.4 Å².